The van der Waals surface area contributed by atoms with Gasteiger partial charge in [-0.1, -0.05) is 36.4 Å². The summed E-state index contributed by atoms with van der Waals surface area (Å²) < 4.78 is 7.41. The number of thiophene rings is 1. The number of piperazine rings is 1. The van der Waals surface area contributed by atoms with Crippen LogP contribution >= 0.6 is 22.9 Å². The fourth-order valence-electron chi connectivity index (χ4n) is 5.91. The van der Waals surface area contributed by atoms with E-state index in [-0.39, 0.29) is 18.5 Å². The molecular weight excluding hydrogens is 556 g/mol. The van der Waals surface area contributed by atoms with Crippen LogP contribution in [0.15, 0.2) is 54.4 Å². The first-order chi connectivity index (χ1) is 20.0. The number of hydrogen-bond donors (Lipinski definition) is 0. The third-order valence-corrected chi connectivity index (χ3v) is 9.41. The Labute approximate surface area is 248 Å². The lowest BCUT2D eigenvalue weighted by molar-refractivity contribution is -0.128. The summed E-state index contributed by atoms with van der Waals surface area (Å²) in [4.78, 5) is 32.0. The molecule has 0 unspecified atom stereocenters. The van der Waals surface area contributed by atoms with Crippen molar-refractivity contribution >= 4 is 55.7 Å². The van der Waals surface area contributed by atoms with Crippen molar-refractivity contribution in [1.82, 2.24) is 19.8 Å². The lowest BCUT2D eigenvalue weighted by atomic mass is 10.0. The quantitative estimate of drug-likeness (QED) is 0.203. The summed E-state index contributed by atoms with van der Waals surface area (Å²) in [5, 5.41) is 4.69. The fraction of sp³-hybridized carbons (Fsp3) is 0.355. The van der Waals surface area contributed by atoms with E-state index in [9.17, 15) is 4.79 Å². The number of fused-ring (bicyclic) bond motifs is 2. The number of ether oxygens (including phenoxy) is 1. The second-order valence-electron chi connectivity index (χ2n) is 10.6. The molecule has 4 heterocycles. The molecule has 2 aliphatic heterocycles. The van der Waals surface area contributed by atoms with E-state index in [1.54, 1.807) is 16.2 Å². The molecule has 0 saturated carbocycles. The number of aromatic nitrogens is 2. The lowest BCUT2D eigenvalue weighted by Crippen LogP contribution is -2.56. The third-order valence-electron chi connectivity index (χ3n) is 8.13. The van der Waals surface area contributed by atoms with Crippen molar-refractivity contribution in [2.45, 2.75) is 24.9 Å². The second-order valence-corrected chi connectivity index (χ2v) is 11.9. The minimum atomic E-state index is -0.278. The first-order valence-electron chi connectivity index (χ1n) is 13.8. The zero-order valence-electron chi connectivity index (χ0n) is 22.9. The van der Waals surface area contributed by atoms with Gasteiger partial charge in [-0.25, -0.2) is 6.57 Å². The molecule has 2 aliphatic rings. The van der Waals surface area contributed by atoms with Gasteiger partial charge in [0.1, 0.15) is 18.5 Å². The highest BCUT2D eigenvalue weighted by atomic mass is 35.5. The highest BCUT2D eigenvalue weighted by molar-refractivity contribution is 7.17. The minimum absolute atomic E-state index is 0.161. The highest BCUT2D eigenvalue weighted by Gasteiger charge is 2.33. The largest absolute Gasteiger partial charge is 0.462 e. The van der Waals surface area contributed by atoms with Crippen LogP contribution in [0, 0.1) is 6.57 Å². The van der Waals surface area contributed by atoms with Crippen molar-refractivity contribution in [2.75, 3.05) is 51.3 Å². The zero-order valence-corrected chi connectivity index (χ0v) is 24.5. The van der Waals surface area contributed by atoms with Crippen molar-refractivity contribution in [3.8, 4) is 17.1 Å². The number of anilines is 1. The molecule has 2 aromatic heterocycles. The topological polar surface area (TPSA) is 66.2 Å². The van der Waals surface area contributed by atoms with Crippen LogP contribution in [0.5, 0.6) is 6.01 Å². The molecule has 2 atom stereocenters. The third kappa shape index (κ3) is 5.35. The van der Waals surface area contributed by atoms with Gasteiger partial charge in [0.15, 0.2) is 0 Å². The maximum atomic E-state index is 12.5. The van der Waals surface area contributed by atoms with Gasteiger partial charge >= 0.3 is 6.01 Å². The zero-order chi connectivity index (χ0) is 28.5. The van der Waals surface area contributed by atoms with Gasteiger partial charge in [0, 0.05) is 51.9 Å². The predicted molar refractivity (Wildman–Crippen MR) is 166 cm³/mol. The average molecular weight is 587 g/mol. The normalized spacial score (nSPS) is 19.5. The van der Waals surface area contributed by atoms with Crippen molar-refractivity contribution in [3.63, 3.8) is 0 Å². The molecule has 0 spiro atoms. The average Bonchev–Trinajstić information content (AvgIpc) is 3.64. The Morgan fingerprint density at radius 3 is 2.88 bits per heavy atom. The number of amides is 1. The SMILES string of the molecule is [C-]#[N+]C[C@H]1CN(c2nc(OC[C@@H]3CCCN3C)nc3cc(-c4cccc5ccsc45)c(Cl)cc23)CCN1C(=O)C=C. The summed E-state index contributed by atoms with van der Waals surface area (Å²) in [7, 11) is 2.12. The molecule has 0 N–H and O–H groups in total. The molecule has 10 heteroatoms. The minimum Gasteiger partial charge on any atom is -0.462 e. The summed E-state index contributed by atoms with van der Waals surface area (Å²) in [5.74, 6) is 0.541. The Morgan fingerprint density at radius 1 is 1.22 bits per heavy atom. The van der Waals surface area contributed by atoms with E-state index in [4.69, 9.17) is 32.9 Å². The van der Waals surface area contributed by atoms with Gasteiger partial charge in [-0.2, -0.15) is 9.97 Å². The van der Waals surface area contributed by atoms with Gasteiger partial charge in [0.05, 0.1) is 5.52 Å². The molecule has 8 nitrogen and oxygen atoms in total. The summed E-state index contributed by atoms with van der Waals surface area (Å²) in [5.41, 5.74) is 2.71. The first-order valence-corrected chi connectivity index (χ1v) is 15.0. The summed E-state index contributed by atoms with van der Waals surface area (Å²) in [6.07, 6.45) is 3.55. The van der Waals surface area contributed by atoms with Crippen molar-refractivity contribution in [3.05, 3.63) is 70.9 Å². The number of rotatable bonds is 7. The number of nitrogens with zero attached hydrogens (tertiary/aromatic N) is 6. The smallest absolute Gasteiger partial charge is 0.319 e. The van der Waals surface area contributed by atoms with Gasteiger partial charge in [-0.15, -0.1) is 11.3 Å². The Hall–Kier alpha value is -3.71. The van der Waals surface area contributed by atoms with E-state index in [1.165, 1.54) is 16.2 Å². The van der Waals surface area contributed by atoms with Crippen molar-refractivity contribution < 1.29 is 9.53 Å². The van der Waals surface area contributed by atoms with Gasteiger partial charge in [-0.05, 0) is 61.5 Å². The number of benzene rings is 2. The Bertz CT molecular complexity index is 1670. The molecule has 1 amide bonds. The van der Waals surface area contributed by atoms with E-state index in [2.05, 4.69) is 51.9 Å². The molecule has 2 fully saturated rings. The van der Waals surface area contributed by atoms with Crippen LogP contribution in [0.3, 0.4) is 0 Å². The molecule has 6 rings (SSSR count). The Kier molecular flexibility index (Phi) is 7.80. The molecule has 0 radical (unpaired) electrons. The molecule has 0 aliphatic carbocycles. The van der Waals surface area contributed by atoms with Gasteiger partial charge in [-0.3, -0.25) is 4.79 Å². The standard InChI is InChI=1S/C31H31ClN6O2S/c1-4-28(39)38-13-12-37(18-22(38)17-33-2)30-25-15-26(32)24(23-9-5-7-20-10-14-41-29(20)23)16-27(25)34-31(35-30)40-19-21-8-6-11-36(21)3/h4-5,7,9-10,14-16,21-22H,1,6,8,11-13,17-19H2,3H3/t21-,22-/m0/s1. The number of likely N-dealkylation sites (N-methyl/N-ethyl adjacent to an activating group) is 1. The molecule has 2 aromatic carbocycles. The Morgan fingerprint density at radius 2 is 2.10 bits per heavy atom. The lowest BCUT2D eigenvalue weighted by Gasteiger charge is -2.39. The molecule has 0 bridgehead atoms. The number of likely N-dealkylation sites (tertiary alicyclic amines) is 1. The van der Waals surface area contributed by atoms with Crippen LogP contribution in [0.1, 0.15) is 12.8 Å². The summed E-state index contributed by atoms with van der Waals surface area (Å²) in [6.45, 7) is 14.4. The molecule has 4 aromatic rings. The van der Waals surface area contributed by atoms with Crippen molar-refractivity contribution in [2.24, 2.45) is 0 Å². The monoisotopic (exact) mass is 586 g/mol. The van der Waals surface area contributed by atoms with Crippen LogP contribution in [0.2, 0.25) is 5.02 Å². The van der Waals surface area contributed by atoms with Gasteiger partial charge in [0.2, 0.25) is 12.5 Å². The van der Waals surface area contributed by atoms with E-state index in [0.29, 0.717) is 49.1 Å². The number of carbonyl (C=O) groups excluding carboxylic acids is 1. The number of halogens is 1. The predicted octanol–water partition coefficient (Wildman–Crippen LogP) is 5.76. The molecular formula is C31H31ClN6O2S. The Balaban J connectivity index is 1.43. The van der Waals surface area contributed by atoms with Crippen molar-refractivity contribution in [1.29, 1.82) is 0 Å². The van der Waals surface area contributed by atoms with Crippen LogP contribution in [0.25, 0.3) is 37.0 Å². The van der Waals surface area contributed by atoms with E-state index in [0.717, 1.165) is 41.4 Å². The van der Waals surface area contributed by atoms with E-state index < -0.39 is 0 Å². The van der Waals surface area contributed by atoms with Gasteiger partial charge in [0.25, 0.3) is 0 Å². The second kappa shape index (κ2) is 11.6. The number of carbonyl (C=O) groups is 1. The molecule has 210 valence electrons. The summed E-state index contributed by atoms with van der Waals surface area (Å²) >= 11 is 8.66. The van der Waals surface area contributed by atoms with Crippen LogP contribution < -0.4 is 9.64 Å². The van der Waals surface area contributed by atoms with Crippen LogP contribution in [-0.4, -0.2) is 84.1 Å². The maximum absolute atomic E-state index is 12.5. The molecule has 41 heavy (non-hydrogen) atoms. The molecule has 2 saturated heterocycles. The highest BCUT2D eigenvalue weighted by Crippen LogP contribution is 2.40. The number of hydrogen-bond acceptors (Lipinski definition) is 7. The summed E-state index contributed by atoms with van der Waals surface area (Å²) in [6, 6.07) is 12.7. The van der Waals surface area contributed by atoms with Gasteiger partial charge < -0.3 is 24.3 Å². The first kappa shape index (κ1) is 27.5. The van der Waals surface area contributed by atoms with E-state index >= 15 is 0 Å². The van der Waals surface area contributed by atoms with E-state index in [1.807, 2.05) is 18.2 Å². The van der Waals surface area contributed by atoms with Crippen LogP contribution in [-0.2, 0) is 4.79 Å². The fourth-order valence-corrected chi connectivity index (χ4v) is 7.10. The van der Waals surface area contributed by atoms with Crippen LogP contribution in [0.4, 0.5) is 5.82 Å². The maximum Gasteiger partial charge on any atom is 0.319 e.